The van der Waals surface area contributed by atoms with Crippen LogP contribution in [0, 0.1) is 13.8 Å². The Labute approximate surface area is 174 Å². The number of ketones is 1. The van der Waals surface area contributed by atoms with Crippen molar-refractivity contribution in [3.63, 3.8) is 0 Å². The fraction of sp³-hybridized carbons (Fsp3) is 0.364. The lowest BCUT2D eigenvalue weighted by Crippen LogP contribution is -2.52. The van der Waals surface area contributed by atoms with Crippen molar-refractivity contribution in [1.82, 2.24) is 4.90 Å². The molecule has 6 heteroatoms. The number of ether oxygens (including phenoxy) is 1. The van der Waals surface area contributed by atoms with Gasteiger partial charge in [0.1, 0.15) is 11.4 Å². The largest absolute Gasteiger partial charge is 0.484 e. The highest BCUT2D eigenvalue weighted by Crippen LogP contribution is 2.44. The molecule has 146 valence electrons. The van der Waals surface area contributed by atoms with E-state index in [2.05, 4.69) is 0 Å². The molecular formula is C22H21Cl2NO3. The number of amides is 1. The molecule has 0 unspecified atom stereocenters. The highest BCUT2D eigenvalue weighted by Gasteiger charge is 2.44. The van der Waals surface area contributed by atoms with Gasteiger partial charge in [0.25, 0.3) is 5.91 Å². The van der Waals surface area contributed by atoms with Crippen LogP contribution in [0.2, 0.25) is 10.0 Å². The molecule has 4 nitrogen and oxygen atoms in total. The molecule has 2 aromatic rings. The Bertz CT molecular complexity index is 978. The van der Waals surface area contributed by atoms with Crippen molar-refractivity contribution in [2.45, 2.75) is 38.7 Å². The molecule has 1 fully saturated rings. The number of nitrogens with zero attached hydrogens (tertiary/aromatic N) is 1. The number of carbonyl (C=O) groups is 2. The van der Waals surface area contributed by atoms with E-state index in [9.17, 15) is 9.59 Å². The lowest BCUT2D eigenvalue weighted by Gasteiger charge is -2.44. The molecule has 2 heterocycles. The summed E-state index contributed by atoms with van der Waals surface area (Å²) < 4.78 is 6.24. The fourth-order valence-corrected chi connectivity index (χ4v) is 4.50. The van der Waals surface area contributed by atoms with Crippen LogP contribution in [0.1, 0.15) is 51.1 Å². The van der Waals surface area contributed by atoms with Gasteiger partial charge in [0.05, 0.1) is 17.0 Å². The van der Waals surface area contributed by atoms with E-state index in [1.165, 1.54) is 5.56 Å². The maximum absolute atomic E-state index is 12.9. The molecule has 1 saturated heterocycles. The number of rotatable bonds is 1. The van der Waals surface area contributed by atoms with E-state index in [0.29, 0.717) is 52.9 Å². The van der Waals surface area contributed by atoms with Crippen molar-refractivity contribution >= 4 is 34.9 Å². The molecule has 2 aromatic carbocycles. The van der Waals surface area contributed by atoms with Gasteiger partial charge in [-0.15, -0.1) is 0 Å². The molecule has 28 heavy (non-hydrogen) atoms. The average Bonchev–Trinajstić information content (AvgIpc) is 2.65. The zero-order chi connectivity index (χ0) is 20.1. The highest BCUT2D eigenvalue weighted by molar-refractivity contribution is 6.36. The first-order valence-corrected chi connectivity index (χ1v) is 10.1. The molecule has 2 aliphatic heterocycles. The quantitative estimate of drug-likeness (QED) is 0.636. The van der Waals surface area contributed by atoms with Gasteiger partial charge in [-0.3, -0.25) is 9.59 Å². The van der Waals surface area contributed by atoms with E-state index in [-0.39, 0.29) is 18.1 Å². The molecule has 1 amide bonds. The number of hydrogen-bond donors (Lipinski definition) is 0. The third kappa shape index (κ3) is 3.40. The molecule has 0 N–H and O–H groups in total. The molecule has 0 saturated carbocycles. The number of Topliss-reactive ketones (excluding diaryl/α,β-unsaturated/α-hetero) is 1. The van der Waals surface area contributed by atoms with Gasteiger partial charge in [0.15, 0.2) is 5.78 Å². The zero-order valence-corrected chi connectivity index (χ0v) is 17.4. The van der Waals surface area contributed by atoms with Crippen molar-refractivity contribution in [2.75, 3.05) is 13.1 Å². The molecule has 0 atom stereocenters. The number of likely N-dealkylation sites (tertiary alicyclic amines) is 1. The lowest BCUT2D eigenvalue weighted by molar-refractivity contribution is -0.00565. The minimum absolute atomic E-state index is 0.0143. The Morgan fingerprint density at radius 3 is 2.46 bits per heavy atom. The second-order valence-corrected chi connectivity index (χ2v) is 8.58. The van der Waals surface area contributed by atoms with Gasteiger partial charge in [-0.25, -0.2) is 0 Å². The van der Waals surface area contributed by atoms with E-state index < -0.39 is 5.60 Å². The van der Waals surface area contributed by atoms with Crippen LogP contribution < -0.4 is 4.74 Å². The van der Waals surface area contributed by atoms with Crippen LogP contribution in [0.25, 0.3) is 0 Å². The van der Waals surface area contributed by atoms with Gasteiger partial charge >= 0.3 is 0 Å². The van der Waals surface area contributed by atoms with Crippen LogP contribution >= 0.6 is 23.2 Å². The Hall–Kier alpha value is -2.04. The van der Waals surface area contributed by atoms with Crippen molar-refractivity contribution in [3.8, 4) is 5.75 Å². The molecule has 0 bridgehead atoms. The first-order chi connectivity index (χ1) is 13.3. The van der Waals surface area contributed by atoms with Crippen LogP contribution in [0.4, 0.5) is 0 Å². The topological polar surface area (TPSA) is 46.6 Å². The summed E-state index contributed by atoms with van der Waals surface area (Å²) in [7, 11) is 0. The standard InChI is InChI=1S/C22H21Cl2NO3/c1-13-3-4-15(9-14(13)2)21(27)25-7-5-22(6-8-25)12-19(26)17-10-16(23)11-18(24)20(17)28-22/h3-4,9-11H,5-8,12H2,1-2H3. The predicted molar refractivity (Wildman–Crippen MR) is 110 cm³/mol. The van der Waals surface area contributed by atoms with E-state index in [0.717, 1.165) is 5.56 Å². The summed E-state index contributed by atoms with van der Waals surface area (Å²) in [4.78, 5) is 27.4. The van der Waals surface area contributed by atoms with E-state index in [1.54, 1.807) is 12.1 Å². The summed E-state index contributed by atoms with van der Waals surface area (Å²) in [6.45, 7) is 5.12. The van der Waals surface area contributed by atoms with Gasteiger partial charge in [-0.05, 0) is 49.2 Å². The van der Waals surface area contributed by atoms with Gasteiger partial charge in [-0.1, -0.05) is 29.3 Å². The molecule has 0 aliphatic carbocycles. The molecule has 0 aromatic heterocycles. The van der Waals surface area contributed by atoms with Crippen LogP contribution in [-0.4, -0.2) is 35.3 Å². The number of piperidine rings is 1. The number of fused-ring (bicyclic) bond motifs is 1. The number of aryl methyl sites for hydroxylation is 2. The minimum Gasteiger partial charge on any atom is -0.484 e. The molecule has 2 aliphatic rings. The van der Waals surface area contributed by atoms with E-state index in [4.69, 9.17) is 27.9 Å². The third-order valence-corrected chi connectivity index (χ3v) is 6.32. The van der Waals surface area contributed by atoms with Crippen molar-refractivity contribution in [1.29, 1.82) is 0 Å². The smallest absolute Gasteiger partial charge is 0.253 e. The summed E-state index contributed by atoms with van der Waals surface area (Å²) in [6, 6.07) is 8.97. The van der Waals surface area contributed by atoms with Crippen LogP contribution in [-0.2, 0) is 0 Å². The van der Waals surface area contributed by atoms with Crippen molar-refractivity contribution < 1.29 is 14.3 Å². The second-order valence-electron chi connectivity index (χ2n) is 7.74. The maximum Gasteiger partial charge on any atom is 0.253 e. The zero-order valence-electron chi connectivity index (χ0n) is 15.9. The van der Waals surface area contributed by atoms with Crippen LogP contribution in [0.3, 0.4) is 0 Å². The van der Waals surface area contributed by atoms with Gasteiger partial charge < -0.3 is 9.64 Å². The summed E-state index contributed by atoms with van der Waals surface area (Å²) in [5.74, 6) is 0.418. The predicted octanol–water partition coefficient (Wildman–Crippen LogP) is 5.25. The Morgan fingerprint density at radius 1 is 1.07 bits per heavy atom. The minimum atomic E-state index is -0.610. The molecular weight excluding hydrogens is 397 g/mol. The van der Waals surface area contributed by atoms with Crippen molar-refractivity contribution in [2.24, 2.45) is 0 Å². The number of hydrogen-bond acceptors (Lipinski definition) is 3. The SMILES string of the molecule is Cc1ccc(C(=O)N2CCC3(CC2)CC(=O)c2cc(Cl)cc(Cl)c2O3)cc1C. The summed E-state index contributed by atoms with van der Waals surface area (Å²) in [5.41, 5.74) is 2.80. The van der Waals surface area contributed by atoms with E-state index in [1.807, 2.05) is 36.9 Å². The number of carbonyl (C=O) groups excluding carboxylic acids is 2. The van der Waals surface area contributed by atoms with Gasteiger partial charge in [0.2, 0.25) is 0 Å². The first kappa shape index (κ1) is 19.3. The summed E-state index contributed by atoms with van der Waals surface area (Å²) in [5, 5.41) is 0.772. The first-order valence-electron chi connectivity index (χ1n) is 9.36. The Balaban J connectivity index is 1.51. The number of benzene rings is 2. The Morgan fingerprint density at radius 2 is 1.79 bits per heavy atom. The molecule has 0 radical (unpaired) electrons. The van der Waals surface area contributed by atoms with Crippen LogP contribution in [0.15, 0.2) is 30.3 Å². The monoisotopic (exact) mass is 417 g/mol. The summed E-state index contributed by atoms with van der Waals surface area (Å²) >= 11 is 12.3. The summed E-state index contributed by atoms with van der Waals surface area (Å²) in [6.07, 6.45) is 1.46. The second kappa shape index (κ2) is 7.09. The normalized spacial score (nSPS) is 18.0. The van der Waals surface area contributed by atoms with Gasteiger partial charge in [-0.2, -0.15) is 0 Å². The fourth-order valence-electron chi connectivity index (χ4n) is 3.96. The average molecular weight is 418 g/mol. The maximum atomic E-state index is 12.9. The lowest BCUT2D eigenvalue weighted by atomic mass is 9.82. The van der Waals surface area contributed by atoms with Crippen LogP contribution in [0.5, 0.6) is 5.75 Å². The Kier molecular flexibility index (Phi) is 4.88. The third-order valence-electron chi connectivity index (χ3n) is 5.83. The van der Waals surface area contributed by atoms with Gasteiger partial charge in [0, 0.05) is 36.5 Å². The molecule has 4 rings (SSSR count). The highest BCUT2D eigenvalue weighted by atomic mass is 35.5. The van der Waals surface area contributed by atoms with E-state index >= 15 is 0 Å². The van der Waals surface area contributed by atoms with Crippen molar-refractivity contribution in [3.05, 3.63) is 62.6 Å². The number of halogens is 2. The molecule has 1 spiro atoms.